The van der Waals surface area contributed by atoms with Crippen LogP contribution in [0.5, 0.6) is 0 Å². The Kier molecular flexibility index (Phi) is 15.1. The van der Waals surface area contributed by atoms with Crippen molar-refractivity contribution in [2.24, 2.45) is 0 Å². The van der Waals surface area contributed by atoms with Gasteiger partial charge in [-0.05, 0) is 38.5 Å². The van der Waals surface area contributed by atoms with Crippen molar-refractivity contribution in [1.82, 2.24) is 0 Å². The van der Waals surface area contributed by atoms with E-state index in [0.29, 0.717) is 6.42 Å². The Hall–Kier alpha value is -0.240. The lowest BCUT2D eigenvalue weighted by Crippen LogP contribution is -2.18. The summed E-state index contributed by atoms with van der Waals surface area (Å²) in [5.74, 6) is -0.302. The van der Waals surface area contributed by atoms with E-state index in [4.69, 9.17) is 34.8 Å². The first-order chi connectivity index (χ1) is 11.0. The van der Waals surface area contributed by atoms with Crippen molar-refractivity contribution in [2.45, 2.75) is 74.9 Å². The fourth-order valence-corrected chi connectivity index (χ4v) is 2.33. The summed E-state index contributed by atoms with van der Waals surface area (Å²) in [7, 11) is 0. The van der Waals surface area contributed by atoms with Crippen molar-refractivity contribution in [1.29, 1.82) is 0 Å². The zero-order valence-corrected chi connectivity index (χ0v) is 16.3. The highest BCUT2D eigenvalue weighted by molar-refractivity contribution is 6.76. The van der Waals surface area contributed by atoms with E-state index >= 15 is 0 Å². The van der Waals surface area contributed by atoms with Crippen LogP contribution in [-0.2, 0) is 4.79 Å². The van der Waals surface area contributed by atoms with E-state index in [1.165, 1.54) is 12.8 Å². The Morgan fingerprint density at radius 1 is 0.783 bits per heavy atom. The monoisotopic (exact) mass is 378 g/mol. The molecule has 0 saturated heterocycles. The predicted molar refractivity (Wildman–Crippen MR) is 105 cm³/mol. The van der Waals surface area contributed by atoms with Crippen LogP contribution < -0.4 is 0 Å². The summed E-state index contributed by atoms with van der Waals surface area (Å²) in [6, 6.07) is 0. The summed E-state index contributed by atoms with van der Waals surface area (Å²) < 4.78 is -1.74. The first-order valence-electron chi connectivity index (χ1n) is 8.53. The Morgan fingerprint density at radius 3 is 1.91 bits per heavy atom. The number of halogens is 3. The smallest absolute Gasteiger partial charge is 0.248 e. The molecule has 132 valence electrons. The summed E-state index contributed by atoms with van der Waals surface area (Å²) in [5.41, 5.74) is 0. The molecule has 0 bridgehead atoms. The maximum absolute atomic E-state index is 11.4. The predicted octanol–water partition coefficient (Wildman–Crippen LogP) is 7.52. The number of alkyl halides is 3. The Bertz CT molecular complexity index is 379. The van der Waals surface area contributed by atoms with Gasteiger partial charge in [-0.15, -0.1) is 0 Å². The standard InChI is InChI=1S/C19H29Cl3O/c1-2-3-4-5-6-7-8-9-10-11-12-13-14-15-16-17-18(23)19(20,21)22/h3-4,6-7,9-10H,2,5,8,11-17H2,1H3/b4-3-,7-6-,10-9-. The molecule has 0 amide bonds. The van der Waals surface area contributed by atoms with Gasteiger partial charge in [0.15, 0.2) is 5.78 Å². The topological polar surface area (TPSA) is 17.1 Å². The molecule has 0 aliphatic heterocycles. The van der Waals surface area contributed by atoms with E-state index in [-0.39, 0.29) is 5.78 Å². The summed E-state index contributed by atoms with van der Waals surface area (Å²) in [6.45, 7) is 2.15. The first-order valence-corrected chi connectivity index (χ1v) is 9.67. The van der Waals surface area contributed by atoms with E-state index in [9.17, 15) is 4.79 Å². The van der Waals surface area contributed by atoms with Crippen LogP contribution in [0.25, 0.3) is 0 Å². The summed E-state index contributed by atoms with van der Waals surface area (Å²) in [4.78, 5) is 11.4. The van der Waals surface area contributed by atoms with E-state index in [1.54, 1.807) is 0 Å². The number of Topliss-reactive ketones (excluding diaryl/α,β-unsaturated/α-hetero) is 1. The van der Waals surface area contributed by atoms with Crippen LogP contribution in [-0.4, -0.2) is 9.58 Å². The van der Waals surface area contributed by atoms with E-state index in [1.807, 2.05) is 0 Å². The van der Waals surface area contributed by atoms with Gasteiger partial charge in [0.1, 0.15) is 0 Å². The van der Waals surface area contributed by atoms with Crippen LogP contribution >= 0.6 is 34.8 Å². The molecule has 23 heavy (non-hydrogen) atoms. The maximum atomic E-state index is 11.4. The molecule has 0 rings (SSSR count). The van der Waals surface area contributed by atoms with Crippen LogP contribution in [0.4, 0.5) is 0 Å². The molecular formula is C19H29Cl3O. The Balaban J connectivity index is 3.38. The summed E-state index contributed by atoms with van der Waals surface area (Å²) >= 11 is 16.5. The van der Waals surface area contributed by atoms with Crippen LogP contribution in [0.3, 0.4) is 0 Å². The normalized spacial score (nSPS) is 12.9. The average Bonchev–Trinajstić information content (AvgIpc) is 2.50. The number of rotatable bonds is 13. The Morgan fingerprint density at radius 2 is 1.30 bits per heavy atom. The minimum atomic E-state index is -1.74. The van der Waals surface area contributed by atoms with Gasteiger partial charge in [-0.1, -0.05) is 97.4 Å². The van der Waals surface area contributed by atoms with Crippen molar-refractivity contribution in [3.63, 3.8) is 0 Å². The van der Waals surface area contributed by atoms with Crippen LogP contribution in [0.2, 0.25) is 0 Å². The van der Waals surface area contributed by atoms with E-state index < -0.39 is 3.79 Å². The molecule has 1 nitrogen and oxygen atoms in total. The Labute approximate surface area is 156 Å². The molecule has 0 aromatic rings. The van der Waals surface area contributed by atoms with Crippen molar-refractivity contribution in [3.05, 3.63) is 36.5 Å². The van der Waals surface area contributed by atoms with Crippen LogP contribution in [0.15, 0.2) is 36.5 Å². The number of unbranched alkanes of at least 4 members (excludes halogenated alkanes) is 5. The SMILES string of the molecule is CC/C=C\C/C=C\C/C=C\CCCCCCCC(=O)C(Cl)(Cl)Cl. The van der Waals surface area contributed by atoms with Crippen LogP contribution in [0, 0.1) is 0 Å². The molecule has 0 atom stereocenters. The van der Waals surface area contributed by atoms with E-state index in [2.05, 4.69) is 43.4 Å². The second-order valence-electron chi connectivity index (χ2n) is 5.52. The quantitative estimate of drug-likeness (QED) is 0.184. The van der Waals surface area contributed by atoms with Gasteiger partial charge in [-0.3, -0.25) is 4.79 Å². The number of hydrogen-bond acceptors (Lipinski definition) is 1. The van der Waals surface area contributed by atoms with Crippen molar-refractivity contribution in [3.8, 4) is 0 Å². The van der Waals surface area contributed by atoms with Crippen molar-refractivity contribution in [2.75, 3.05) is 0 Å². The second-order valence-corrected chi connectivity index (χ2v) is 7.80. The minimum Gasteiger partial charge on any atom is -0.295 e. The molecule has 0 N–H and O–H groups in total. The summed E-state index contributed by atoms with van der Waals surface area (Å²) in [5, 5.41) is 0. The van der Waals surface area contributed by atoms with Crippen molar-refractivity contribution < 1.29 is 4.79 Å². The van der Waals surface area contributed by atoms with Gasteiger partial charge in [-0.25, -0.2) is 0 Å². The highest BCUT2D eigenvalue weighted by Gasteiger charge is 2.29. The van der Waals surface area contributed by atoms with Gasteiger partial charge in [0.05, 0.1) is 0 Å². The van der Waals surface area contributed by atoms with Gasteiger partial charge < -0.3 is 0 Å². The van der Waals surface area contributed by atoms with E-state index in [0.717, 1.165) is 44.9 Å². The number of allylic oxidation sites excluding steroid dienone is 6. The zero-order valence-electron chi connectivity index (χ0n) is 14.1. The molecule has 0 aliphatic carbocycles. The highest BCUT2D eigenvalue weighted by atomic mass is 35.6. The van der Waals surface area contributed by atoms with Gasteiger partial charge in [0.2, 0.25) is 3.79 Å². The lowest BCUT2D eigenvalue weighted by atomic mass is 10.1. The fraction of sp³-hybridized carbons (Fsp3) is 0.632. The number of carbonyl (C=O) groups excluding carboxylic acids is 1. The zero-order chi connectivity index (χ0) is 17.4. The molecule has 0 heterocycles. The molecule has 0 aromatic carbocycles. The van der Waals surface area contributed by atoms with Gasteiger partial charge in [0.25, 0.3) is 0 Å². The molecular weight excluding hydrogens is 351 g/mol. The third-order valence-corrected chi connectivity index (χ3v) is 4.00. The molecule has 0 radical (unpaired) electrons. The fourth-order valence-electron chi connectivity index (χ4n) is 2.05. The van der Waals surface area contributed by atoms with Gasteiger partial charge in [0, 0.05) is 6.42 Å². The third kappa shape index (κ3) is 16.4. The average molecular weight is 380 g/mol. The van der Waals surface area contributed by atoms with Crippen LogP contribution in [0.1, 0.15) is 71.1 Å². The molecule has 0 unspecified atom stereocenters. The third-order valence-electron chi connectivity index (χ3n) is 3.37. The first kappa shape index (κ1) is 22.8. The van der Waals surface area contributed by atoms with Gasteiger partial charge in [-0.2, -0.15) is 0 Å². The molecule has 0 aliphatic rings. The van der Waals surface area contributed by atoms with Gasteiger partial charge >= 0.3 is 0 Å². The molecule has 4 heteroatoms. The number of ketones is 1. The molecule has 0 aromatic heterocycles. The lowest BCUT2D eigenvalue weighted by molar-refractivity contribution is -0.118. The molecule has 0 fully saturated rings. The number of hydrogen-bond donors (Lipinski definition) is 0. The summed E-state index contributed by atoms with van der Waals surface area (Å²) in [6.07, 6.45) is 23.2. The second kappa shape index (κ2) is 15.3. The maximum Gasteiger partial charge on any atom is 0.248 e. The molecule has 0 spiro atoms. The van der Waals surface area contributed by atoms with Crippen molar-refractivity contribution >= 4 is 40.6 Å². The number of carbonyl (C=O) groups is 1. The largest absolute Gasteiger partial charge is 0.295 e. The molecule has 0 saturated carbocycles. The highest BCUT2D eigenvalue weighted by Crippen LogP contribution is 2.29. The minimum absolute atomic E-state index is 0.302. The lowest BCUT2D eigenvalue weighted by Gasteiger charge is -2.08.